The van der Waals surface area contributed by atoms with E-state index >= 15 is 0 Å². The third kappa shape index (κ3) is 5.82. The summed E-state index contributed by atoms with van der Waals surface area (Å²) < 4.78 is 24.9. The number of nitrogens with zero attached hydrogens (tertiary/aromatic N) is 2. The van der Waals surface area contributed by atoms with E-state index in [0.717, 1.165) is 22.6 Å². The van der Waals surface area contributed by atoms with Crippen molar-refractivity contribution in [2.45, 2.75) is 58.8 Å². The predicted octanol–water partition coefficient (Wildman–Crippen LogP) is 5.52. The van der Waals surface area contributed by atoms with Gasteiger partial charge in [0, 0.05) is 17.2 Å². The van der Waals surface area contributed by atoms with Crippen LogP contribution in [0.4, 0.5) is 0 Å². The number of hydrogen-bond donors (Lipinski definition) is 1. The molecule has 0 saturated heterocycles. The summed E-state index contributed by atoms with van der Waals surface area (Å²) in [6.07, 6.45) is 0.525. The number of carboxylic acid groups (broad SMARTS) is 1. The molecule has 0 radical (unpaired) electrons. The predicted molar refractivity (Wildman–Crippen MR) is 138 cm³/mol. The van der Waals surface area contributed by atoms with Crippen molar-refractivity contribution < 1.29 is 28.8 Å². The maximum atomic E-state index is 11.8. The minimum Gasteiger partial charge on any atom is -0.497 e. The first kappa shape index (κ1) is 27.1. The van der Waals surface area contributed by atoms with Crippen LogP contribution in [0.15, 0.2) is 48.5 Å². The van der Waals surface area contributed by atoms with E-state index in [1.54, 1.807) is 28.1 Å². The lowest BCUT2D eigenvalue weighted by Gasteiger charge is -2.34. The Labute approximate surface area is 212 Å². The number of rotatable bonds is 12. The number of hydrogen-bond acceptors (Lipinski definition) is 6. The summed E-state index contributed by atoms with van der Waals surface area (Å²) in [5, 5.41) is 14.6. The minimum atomic E-state index is -1.39. The SMILES string of the molecule is CCOc1ccccc1Cn1nc([C@](C)(CC)OC(C)(C)C(=O)O)cc1-c1cc(OC)cc(OC)c1. The summed E-state index contributed by atoms with van der Waals surface area (Å²) >= 11 is 0. The fraction of sp³-hybridized carbons (Fsp3) is 0.429. The van der Waals surface area contributed by atoms with Crippen LogP contribution in [-0.2, 0) is 21.7 Å². The second kappa shape index (κ2) is 11.0. The molecule has 0 aliphatic carbocycles. The van der Waals surface area contributed by atoms with Crippen molar-refractivity contribution in [1.29, 1.82) is 0 Å². The largest absolute Gasteiger partial charge is 0.497 e. The standard InChI is InChI=1S/C28H36N2O6/c1-8-28(5,36-27(3,4)26(31)32)25-17-23(20-14-21(33-6)16-22(15-20)34-7)30(29-25)18-19-12-10-11-13-24(19)35-9-2/h10-17H,8-9,18H2,1-7H3,(H,31,32)/t28-/m0/s1. The number of carbonyl (C=O) groups is 1. The Hall–Kier alpha value is -3.52. The van der Waals surface area contributed by atoms with E-state index in [4.69, 9.17) is 24.0 Å². The molecule has 0 spiro atoms. The van der Waals surface area contributed by atoms with E-state index in [9.17, 15) is 9.90 Å². The van der Waals surface area contributed by atoms with Crippen LogP contribution in [0.25, 0.3) is 11.3 Å². The van der Waals surface area contributed by atoms with Crippen molar-refractivity contribution in [1.82, 2.24) is 9.78 Å². The molecule has 1 aromatic heterocycles. The molecule has 8 nitrogen and oxygen atoms in total. The maximum Gasteiger partial charge on any atom is 0.335 e. The Morgan fingerprint density at radius 3 is 2.19 bits per heavy atom. The maximum absolute atomic E-state index is 11.8. The summed E-state index contributed by atoms with van der Waals surface area (Å²) in [6, 6.07) is 15.4. The zero-order valence-electron chi connectivity index (χ0n) is 22.1. The van der Waals surface area contributed by atoms with E-state index in [1.807, 2.05) is 74.0 Å². The third-order valence-electron chi connectivity index (χ3n) is 6.23. The van der Waals surface area contributed by atoms with Crippen molar-refractivity contribution in [3.8, 4) is 28.5 Å². The van der Waals surface area contributed by atoms with Crippen LogP contribution in [-0.4, -0.2) is 47.3 Å². The zero-order valence-corrected chi connectivity index (χ0v) is 22.1. The monoisotopic (exact) mass is 496 g/mol. The topological polar surface area (TPSA) is 92.0 Å². The molecule has 0 unspecified atom stereocenters. The highest BCUT2D eigenvalue weighted by atomic mass is 16.5. The molecule has 1 atom stereocenters. The Balaban J connectivity index is 2.18. The van der Waals surface area contributed by atoms with Gasteiger partial charge >= 0.3 is 5.97 Å². The van der Waals surface area contributed by atoms with Gasteiger partial charge < -0.3 is 24.1 Å². The highest BCUT2D eigenvalue weighted by molar-refractivity contribution is 5.76. The highest BCUT2D eigenvalue weighted by Crippen LogP contribution is 2.37. The van der Waals surface area contributed by atoms with Crippen LogP contribution in [0.1, 0.15) is 52.3 Å². The van der Waals surface area contributed by atoms with Gasteiger partial charge in [-0.2, -0.15) is 5.10 Å². The number of aromatic nitrogens is 2. The van der Waals surface area contributed by atoms with E-state index in [1.165, 1.54) is 0 Å². The van der Waals surface area contributed by atoms with Crippen LogP contribution in [0.2, 0.25) is 0 Å². The lowest BCUT2D eigenvalue weighted by atomic mass is 9.96. The van der Waals surface area contributed by atoms with Crippen molar-refractivity contribution >= 4 is 5.97 Å². The van der Waals surface area contributed by atoms with Gasteiger partial charge in [-0.05, 0) is 58.4 Å². The second-order valence-electron chi connectivity index (χ2n) is 9.22. The molecule has 0 aliphatic heterocycles. The molecule has 0 saturated carbocycles. The first-order valence-electron chi connectivity index (χ1n) is 12.0. The van der Waals surface area contributed by atoms with Gasteiger partial charge in [0.05, 0.1) is 38.8 Å². The van der Waals surface area contributed by atoms with Crippen LogP contribution in [0.5, 0.6) is 17.2 Å². The minimum absolute atomic E-state index is 0.438. The zero-order chi connectivity index (χ0) is 26.5. The van der Waals surface area contributed by atoms with Gasteiger partial charge in [0.2, 0.25) is 0 Å². The Morgan fingerprint density at radius 1 is 1.00 bits per heavy atom. The first-order chi connectivity index (χ1) is 17.1. The number of ether oxygens (including phenoxy) is 4. The Kier molecular flexibility index (Phi) is 8.30. The van der Waals surface area contributed by atoms with Crippen LogP contribution in [0.3, 0.4) is 0 Å². The summed E-state index contributed by atoms with van der Waals surface area (Å²) in [5.41, 5.74) is 0.916. The molecule has 3 rings (SSSR count). The van der Waals surface area contributed by atoms with Crippen molar-refractivity contribution in [2.24, 2.45) is 0 Å². The van der Waals surface area contributed by atoms with Gasteiger partial charge in [0.25, 0.3) is 0 Å². The molecule has 3 aromatic rings. The van der Waals surface area contributed by atoms with Gasteiger partial charge in [-0.1, -0.05) is 25.1 Å². The molecule has 1 N–H and O–H groups in total. The third-order valence-corrected chi connectivity index (χ3v) is 6.23. The quantitative estimate of drug-likeness (QED) is 0.353. The number of benzene rings is 2. The van der Waals surface area contributed by atoms with E-state index in [2.05, 4.69) is 0 Å². The second-order valence-corrected chi connectivity index (χ2v) is 9.22. The highest BCUT2D eigenvalue weighted by Gasteiger charge is 2.40. The van der Waals surface area contributed by atoms with E-state index in [-0.39, 0.29) is 0 Å². The van der Waals surface area contributed by atoms with Crippen molar-refractivity contribution in [3.05, 3.63) is 59.8 Å². The van der Waals surface area contributed by atoms with Gasteiger partial charge in [-0.15, -0.1) is 0 Å². The lowest BCUT2D eigenvalue weighted by Crippen LogP contribution is -2.43. The number of para-hydroxylation sites is 1. The average Bonchev–Trinajstić information content (AvgIpc) is 3.29. The summed E-state index contributed by atoms with van der Waals surface area (Å²) in [6.45, 7) is 9.86. The Bertz CT molecular complexity index is 1180. The number of aliphatic carboxylic acids is 1. The fourth-order valence-electron chi connectivity index (χ4n) is 3.99. The van der Waals surface area contributed by atoms with Crippen LogP contribution < -0.4 is 14.2 Å². The normalized spacial score (nSPS) is 13.2. The molecule has 0 amide bonds. The molecule has 0 fully saturated rings. The number of methoxy groups -OCH3 is 2. The van der Waals surface area contributed by atoms with Crippen molar-refractivity contribution in [2.75, 3.05) is 20.8 Å². The molecule has 194 valence electrons. The molecule has 0 bridgehead atoms. The lowest BCUT2D eigenvalue weighted by molar-refractivity contribution is -0.185. The van der Waals surface area contributed by atoms with Crippen molar-refractivity contribution in [3.63, 3.8) is 0 Å². The summed E-state index contributed by atoms with van der Waals surface area (Å²) in [7, 11) is 3.21. The first-order valence-corrected chi connectivity index (χ1v) is 12.0. The Morgan fingerprint density at radius 2 is 1.64 bits per heavy atom. The van der Waals surface area contributed by atoms with Gasteiger partial charge in [0.15, 0.2) is 5.60 Å². The molecular formula is C28H36N2O6. The van der Waals surface area contributed by atoms with Gasteiger partial charge in [-0.25, -0.2) is 4.79 Å². The van der Waals surface area contributed by atoms with Crippen LogP contribution in [0, 0.1) is 0 Å². The van der Waals surface area contributed by atoms with Gasteiger partial charge in [-0.3, -0.25) is 4.68 Å². The molecule has 36 heavy (non-hydrogen) atoms. The fourth-order valence-corrected chi connectivity index (χ4v) is 3.99. The molecular weight excluding hydrogens is 460 g/mol. The van der Waals surface area contributed by atoms with E-state index in [0.29, 0.717) is 36.8 Å². The summed E-state index contributed by atoms with van der Waals surface area (Å²) in [5.74, 6) is 1.04. The van der Waals surface area contributed by atoms with Crippen LogP contribution >= 0.6 is 0 Å². The van der Waals surface area contributed by atoms with E-state index < -0.39 is 17.2 Å². The molecule has 0 aliphatic rings. The molecule has 2 aromatic carbocycles. The average molecular weight is 497 g/mol. The molecule has 1 heterocycles. The number of carboxylic acids is 1. The summed E-state index contributed by atoms with van der Waals surface area (Å²) in [4.78, 5) is 11.8. The molecule has 8 heteroatoms. The smallest absolute Gasteiger partial charge is 0.335 e. The van der Waals surface area contributed by atoms with Gasteiger partial charge in [0.1, 0.15) is 22.8 Å².